The second-order valence-corrected chi connectivity index (χ2v) is 7.83. The summed E-state index contributed by atoms with van der Waals surface area (Å²) in [4.78, 5) is 12.8. The average Bonchev–Trinajstić information content (AvgIpc) is 2.66. The van der Waals surface area contributed by atoms with Gasteiger partial charge in [0.2, 0.25) is 5.78 Å². The molecule has 3 rings (SSSR count). The zero-order valence-corrected chi connectivity index (χ0v) is 16.0. The van der Waals surface area contributed by atoms with Gasteiger partial charge in [-0.3, -0.25) is 15.8 Å². The number of benzene rings is 2. The Balaban J connectivity index is 2.08. The van der Waals surface area contributed by atoms with Crippen LogP contribution in [0.2, 0.25) is 0 Å². The smallest absolute Gasteiger partial charge is 0.282 e. The zero-order chi connectivity index (χ0) is 20.3. The first-order valence-electron chi connectivity index (χ1n) is 8.55. The van der Waals surface area contributed by atoms with Crippen LogP contribution in [0.4, 0.5) is 0 Å². The molecule has 0 fully saturated rings. The van der Waals surface area contributed by atoms with Crippen LogP contribution in [0.1, 0.15) is 21.5 Å². The molecule has 8 nitrogen and oxygen atoms in total. The third kappa shape index (κ3) is 4.18. The number of hydrogen-bond donors (Lipinski definition) is 4. The minimum atomic E-state index is -3.96. The van der Waals surface area contributed by atoms with Crippen molar-refractivity contribution in [3.05, 3.63) is 77.0 Å². The van der Waals surface area contributed by atoms with Crippen molar-refractivity contribution in [2.24, 2.45) is 15.9 Å². The van der Waals surface area contributed by atoms with Crippen LogP contribution in [0.5, 0.6) is 0 Å². The van der Waals surface area contributed by atoms with E-state index in [0.717, 1.165) is 5.56 Å². The van der Waals surface area contributed by atoms with Crippen molar-refractivity contribution < 1.29 is 13.2 Å². The molecule has 2 aromatic rings. The fourth-order valence-electron chi connectivity index (χ4n) is 2.75. The molecule has 1 aliphatic carbocycles. The van der Waals surface area contributed by atoms with Gasteiger partial charge in [-0.2, -0.15) is 12.8 Å². The number of Topliss-reactive ketones (excluding diaryl/α,β-unsaturated/α-hetero) is 1. The number of sulfonamides is 1. The molecule has 1 unspecified atom stereocenters. The summed E-state index contributed by atoms with van der Waals surface area (Å²) in [6.07, 6.45) is 0.606. The lowest BCUT2D eigenvalue weighted by Gasteiger charge is -2.22. The number of fused-ring (bicyclic) bond motifs is 1. The SMILES string of the molecule is Cc1ccc(S(=O)(=O)/N=C2\C=C(NC(N)NCN)C(=O)c3ccccc32)cc1. The summed E-state index contributed by atoms with van der Waals surface area (Å²) < 4.78 is 29.5. The van der Waals surface area contributed by atoms with Gasteiger partial charge in [-0.1, -0.05) is 42.0 Å². The Morgan fingerprint density at radius 3 is 2.36 bits per heavy atom. The van der Waals surface area contributed by atoms with Crippen LogP contribution in [0.25, 0.3) is 0 Å². The predicted molar refractivity (Wildman–Crippen MR) is 107 cm³/mol. The lowest BCUT2D eigenvalue weighted by Crippen LogP contribution is -2.52. The molecule has 0 saturated heterocycles. The van der Waals surface area contributed by atoms with Gasteiger partial charge in [0.25, 0.3) is 10.0 Å². The Kier molecular flexibility index (Phi) is 5.71. The molecule has 1 atom stereocenters. The van der Waals surface area contributed by atoms with Gasteiger partial charge in [0, 0.05) is 17.8 Å². The van der Waals surface area contributed by atoms with E-state index in [2.05, 4.69) is 15.0 Å². The lowest BCUT2D eigenvalue weighted by atomic mass is 9.92. The third-order valence-electron chi connectivity index (χ3n) is 4.16. The van der Waals surface area contributed by atoms with Gasteiger partial charge in [-0.25, -0.2) is 0 Å². The minimum absolute atomic E-state index is 0.0735. The van der Waals surface area contributed by atoms with E-state index in [1.165, 1.54) is 18.2 Å². The van der Waals surface area contributed by atoms with E-state index in [9.17, 15) is 13.2 Å². The molecule has 0 heterocycles. The normalized spacial score (nSPS) is 16.5. The molecule has 146 valence electrons. The summed E-state index contributed by atoms with van der Waals surface area (Å²) in [6.45, 7) is 1.97. The molecule has 0 aliphatic heterocycles. The van der Waals surface area contributed by atoms with Crippen LogP contribution in [-0.2, 0) is 10.0 Å². The summed E-state index contributed by atoms with van der Waals surface area (Å²) in [6, 6.07) is 13.1. The van der Waals surface area contributed by atoms with E-state index in [1.807, 2.05) is 6.92 Å². The molecular weight excluding hydrogens is 378 g/mol. The van der Waals surface area contributed by atoms with E-state index >= 15 is 0 Å². The first-order valence-corrected chi connectivity index (χ1v) is 9.99. The molecule has 0 bridgehead atoms. The maximum atomic E-state index is 12.8. The van der Waals surface area contributed by atoms with Crippen LogP contribution >= 0.6 is 0 Å². The highest BCUT2D eigenvalue weighted by atomic mass is 32.2. The van der Waals surface area contributed by atoms with Crippen molar-refractivity contribution in [3.63, 3.8) is 0 Å². The van der Waals surface area contributed by atoms with E-state index in [4.69, 9.17) is 11.5 Å². The molecule has 0 amide bonds. The molecule has 1 aliphatic rings. The summed E-state index contributed by atoms with van der Waals surface area (Å²) in [5.41, 5.74) is 13.2. The summed E-state index contributed by atoms with van der Waals surface area (Å²) in [5.74, 6) is -0.309. The Morgan fingerprint density at radius 2 is 1.71 bits per heavy atom. The highest BCUT2D eigenvalue weighted by molar-refractivity contribution is 7.90. The molecule has 2 aromatic carbocycles. The quantitative estimate of drug-likeness (QED) is 0.521. The van der Waals surface area contributed by atoms with E-state index in [1.54, 1.807) is 36.4 Å². The lowest BCUT2D eigenvalue weighted by molar-refractivity contribution is 0.102. The number of aryl methyl sites for hydroxylation is 1. The van der Waals surface area contributed by atoms with Crippen molar-refractivity contribution in [3.8, 4) is 0 Å². The van der Waals surface area contributed by atoms with E-state index in [0.29, 0.717) is 11.1 Å². The standard InChI is InChI=1S/C19H21N5O3S/c1-12-6-8-13(9-7-12)28(26,27)24-16-10-17(23-19(21)22-11-20)18(25)15-5-3-2-4-14(15)16/h2-10,19,22-23H,11,20-21H2,1H3/b24-16+. The summed E-state index contributed by atoms with van der Waals surface area (Å²) in [5, 5.41) is 5.52. The number of carbonyl (C=O) groups excluding carboxylic acids is 1. The highest BCUT2D eigenvalue weighted by Crippen LogP contribution is 2.23. The Morgan fingerprint density at radius 1 is 1.07 bits per heavy atom. The zero-order valence-electron chi connectivity index (χ0n) is 15.2. The highest BCUT2D eigenvalue weighted by Gasteiger charge is 2.26. The molecule has 28 heavy (non-hydrogen) atoms. The first-order chi connectivity index (χ1) is 13.3. The Labute approximate surface area is 163 Å². The van der Waals surface area contributed by atoms with E-state index in [-0.39, 0.29) is 28.8 Å². The van der Waals surface area contributed by atoms with Gasteiger partial charge < -0.3 is 11.1 Å². The van der Waals surface area contributed by atoms with Gasteiger partial charge in [-0.05, 0) is 25.1 Å². The summed E-state index contributed by atoms with van der Waals surface area (Å²) in [7, 11) is -3.96. The number of rotatable bonds is 6. The fourth-order valence-corrected chi connectivity index (χ4v) is 3.75. The molecular formula is C19H21N5O3S. The van der Waals surface area contributed by atoms with Crippen molar-refractivity contribution in [1.29, 1.82) is 0 Å². The van der Waals surface area contributed by atoms with Gasteiger partial charge in [0.1, 0.15) is 6.29 Å². The Bertz CT molecular complexity index is 1060. The number of hydrogen-bond acceptors (Lipinski definition) is 7. The molecule has 0 radical (unpaired) electrons. The molecule has 6 N–H and O–H groups in total. The van der Waals surface area contributed by atoms with Crippen molar-refractivity contribution in [2.45, 2.75) is 18.1 Å². The monoisotopic (exact) mass is 399 g/mol. The van der Waals surface area contributed by atoms with Crippen LogP contribution in [-0.4, -0.2) is 32.9 Å². The van der Waals surface area contributed by atoms with Crippen LogP contribution in [0.15, 0.2) is 69.6 Å². The topological polar surface area (TPSA) is 140 Å². The molecule has 0 spiro atoms. The third-order valence-corrected chi connectivity index (χ3v) is 5.46. The number of carbonyl (C=O) groups is 1. The number of nitrogens with one attached hydrogen (secondary N) is 2. The second-order valence-electron chi connectivity index (χ2n) is 6.23. The van der Waals surface area contributed by atoms with Crippen LogP contribution in [0.3, 0.4) is 0 Å². The largest absolute Gasteiger partial charge is 0.355 e. The van der Waals surface area contributed by atoms with Gasteiger partial charge >= 0.3 is 0 Å². The first kappa shape index (κ1) is 19.9. The van der Waals surface area contributed by atoms with Gasteiger partial charge in [0.15, 0.2) is 0 Å². The number of nitrogens with two attached hydrogens (primary N) is 2. The molecule has 0 aromatic heterocycles. The number of nitrogens with zero attached hydrogens (tertiary/aromatic N) is 1. The van der Waals surface area contributed by atoms with Crippen molar-refractivity contribution in [1.82, 2.24) is 10.6 Å². The van der Waals surface area contributed by atoms with Gasteiger partial charge in [-0.15, -0.1) is 0 Å². The predicted octanol–water partition coefficient (Wildman–Crippen LogP) is 0.591. The fraction of sp³-hybridized carbons (Fsp3) is 0.158. The van der Waals surface area contributed by atoms with Gasteiger partial charge in [0.05, 0.1) is 16.3 Å². The number of ketones is 1. The second kappa shape index (κ2) is 8.03. The maximum absolute atomic E-state index is 12.8. The van der Waals surface area contributed by atoms with Crippen LogP contribution < -0.4 is 22.1 Å². The minimum Gasteiger partial charge on any atom is -0.355 e. The van der Waals surface area contributed by atoms with E-state index < -0.39 is 16.3 Å². The maximum Gasteiger partial charge on any atom is 0.282 e. The van der Waals surface area contributed by atoms with Crippen LogP contribution in [0, 0.1) is 6.92 Å². The Hall–Kier alpha value is -2.85. The average molecular weight is 399 g/mol. The molecule has 0 saturated carbocycles. The van der Waals surface area contributed by atoms with Crippen molar-refractivity contribution >= 4 is 21.5 Å². The van der Waals surface area contributed by atoms with Crippen molar-refractivity contribution in [2.75, 3.05) is 6.67 Å². The number of allylic oxidation sites excluding steroid dienone is 2. The summed E-state index contributed by atoms with van der Waals surface area (Å²) >= 11 is 0. The molecule has 9 heteroatoms.